The Balaban J connectivity index is 2.34. The number of hydrogen-bond acceptors (Lipinski definition) is 3. The lowest BCUT2D eigenvalue weighted by Crippen LogP contribution is -2.35. The van der Waals surface area contributed by atoms with Gasteiger partial charge in [0.15, 0.2) is 0 Å². The second-order valence-corrected chi connectivity index (χ2v) is 6.33. The monoisotopic (exact) mass is 322 g/mol. The summed E-state index contributed by atoms with van der Waals surface area (Å²) in [6, 6.07) is 7.55. The normalized spacial score (nSPS) is 11.1. The van der Waals surface area contributed by atoms with Crippen LogP contribution < -0.4 is 10.6 Å². The minimum absolute atomic E-state index is 0.0517. The topological polar surface area (TPSA) is 87.7 Å². The highest BCUT2D eigenvalue weighted by molar-refractivity contribution is 5.73. The summed E-state index contributed by atoms with van der Waals surface area (Å²) in [6.07, 6.45) is 0.471. The molecule has 0 bridgehead atoms. The van der Waals surface area contributed by atoms with Crippen LogP contribution in [0, 0.1) is 0 Å². The number of amides is 2. The number of rotatable bonds is 8. The number of carbonyl (C=O) groups excluding carboxylic acids is 1. The van der Waals surface area contributed by atoms with E-state index in [-0.39, 0.29) is 18.1 Å². The molecule has 0 radical (unpaired) electrons. The molecule has 0 saturated heterocycles. The first kappa shape index (κ1) is 19.0. The minimum atomic E-state index is -0.860. The van der Waals surface area contributed by atoms with E-state index in [1.807, 2.05) is 45.0 Å². The molecule has 0 saturated carbocycles. The van der Waals surface area contributed by atoms with E-state index in [9.17, 15) is 9.59 Å². The van der Waals surface area contributed by atoms with E-state index >= 15 is 0 Å². The van der Waals surface area contributed by atoms with Gasteiger partial charge in [0.05, 0.1) is 12.2 Å². The average molecular weight is 322 g/mol. The number of hydrogen-bond donors (Lipinski definition) is 3. The van der Waals surface area contributed by atoms with E-state index in [1.165, 1.54) is 0 Å². The van der Waals surface area contributed by atoms with E-state index in [4.69, 9.17) is 9.84 Å². The molecule has 0 spiro atoms. The Bertz CT molecular complexity index is 524. The largest absolute Gasteiger partial charge is 0.481 e. The zero-order valence-electron chi connectivity index (χ0n) is 14.0. The molecule has 6 nitrogen and oxygen atoms in total. The molecule has 128 valence electrons. The van der Waals surface area contributed by atoms with Crippen molar-refractivity contribution < 1.29 is 19.4 Å². The molecular weight excluding hydrogens is 296 g/mol. The summed E-state index contributed by atoms with van der Waals surface area (Å²) >= 11 is 0. The van der Waals surface area contributed by atoms with Gasteiger partial charge in [-0.25, -0.2) is 4.79 Å². The zero-order valence-corrected chi connectivity index (χ0v) is 14.0. The Labute approximate surface area is 137 Å². The molecule has 0 aliphatic heterocycles. The van der Waals surface area contributed by atoms with Gasteiger partial charge in [0.25, 0.3) is 0 Å². The van der Waals surface area contributed by atoms with Crippen molar-refractivity contribution in [2.45, 2.75) is 52.4 Å². The lowest BCUT2D eigenvalue weighted by molar-refractivity contribution is -0.137. The van der Waals surface area contributed by atoms with Crippen LogP contribution in [0.5, 0.6) is 0 Å². The predicted octanol–water partition coefficient (Wildman–Crippen LogP) is 2.67. The molecule has 0 atom stereocenters. The molecule has 23 heavy (non-hydrogen) atoms. The average Bonchev–Trinajstić information content (AvgIpc) is 2.47. The maximum atomic E-state index is 11.6. The van der Waals surface area contributed by atoms with Gasteiger partial charge in [-0.15, -0.1) is 0 Å². The first-order valence-corrected chi connectivity index (χ1v) is 7.71. The van der Waals surface area contributed by atoms with Gasteiger partial charge in [-0.2, -0.15) is 0 Å². The Morgan fingerprint density at radius 1 is 1.17 bits per heavy atom. The fourth-order valence-electron chi connectivity index (χ4n) is 1.82. The van der Waals surface area contributed by atoms with Gasteiger partial charge in [-0.05, 0) is 38.3 Å². The molecule has 1 rings (SSSR count). The van der Waals surface area contributed by atoms with Crippen molar-refractivity contribution in [3.8, 4) is 0 Å². The number of benzene rings is 1. The second kappa shape index (κ2) is 9.15. The Morgan fingerprint density at radius 2 is 1.87 bits per heavy atom. The van der Waals surface area contributed by atoms with Crippen LogP contribution in [0.4, 0.5) is 4.79 Å². The Hall–Kier alpha value is -2.08. The van der Waals surface area contributed by atoms with Crippen molar-refractivity contribution in [3.05, 3.63) is 35.4 Å². The van der Waals surface area contributed by atoms with Crippen LogP contribution >= 0.6 is 0 Å². The Kier molecular flexibility index (Phi) is 7.54. The predicted molar refractivity (Wildman–Crippen MR) is 88.1 cm³/mol. The van der Waals surface area contributed by atoms with Crippen LogP contribution in [-0.4, -0.2) is 29.3 Å². The molecule has 2 amide bonds. The smallest absolute Gasteiger partial charge is 0.315 e. The maximum Gasteiger partial charge on any atom is 0.315 e. The fraction of sp³-hybridized carbons (Fsp3) is 0.529. The lowest BCUT2D eigenvalue weighted by Gasteiger charge is -2.19. The highest BCUT2D eigenvalue weighted by atomic mass is 16.5. The summed E-state index contributed by atoms with van der Waals surface area (Å²) in [5.41, 5.74) is 1.85. The summed E-state index contributed by atoms with van der Waals surface area (Å²) < 4.78 is 5.73. The van der Waals surface area contributed by atoms with Crippen molar-refractivity contribution in [1.82, 2.24) is 10.6 Å². The van der Waals surface area contributed by atoms with E-state index in [2.05, 4.69) is 10.6 Å². The highest BCUT2D eigenvalue weighted by Crippen LogP contribution is 2.13. The summed E-state index contributed by atoms with van der Waals surface area (Å²) in [5, 5.41) is 13.9. The quantitative estimate of drug-likeness (QED) is 0.642. The number of nitrogens with one attached hydrogen (secondary N) is 2. The Morgan fingerprint density at radius 3 is 2.52 bits per heavy atom. The van der Waals surface area contributed by atoms with E-state index in [0.29, 0.717) is 26.1 Å². The van der Waals surface area contributed by atoms with E-state index in [0.717, 1.165) is 11.1 Å². The molecular formula is C17H26N2O4. The second-order valence-electron chi connectivity index (χ2n) is 6.33. The molecule has 3 N–H and O–H groups in total. The minimum Gasteiger partial charge on any atom is -0.481 e. The number of carbonyl (C=O) groups is 2. The third kappa shape index (κ3) is 9.52. The van der Waals surface area contributed by atoms with Crippen molar-refractivity contribution in [2.24, 2.45) is 0 Å². The standard InChI is InChI=1S/C17H26N2O4/c1-17(2,3)23-12-14-7-4-6-13(10-14)11-19-16(22)18-9-5-8-15(20)21/h4,6-7,10H,5,8-9,11-12H2,1-3H3,(H,20,21)(H2,18,19,22). The van der Waals surface area contributed by atoms with Crippen molar-refractivity contribution in [1.29, 1.82) is 0 Å². The van der Waals surface area contributed by atoms with Crippen LogP contribution in [0.1, 0.15) is 44.7 Å². The number of urea groups is 1. The fourth-order valence-corrected chi connectivity index (χ4v) is 1.82. The summed E-state index contributed by atoms with van der Waals surface area (Å²) in [7, 11) is 0. The summed E-state index contributed by atoms with van der Waals surface area (Å²) in [5.74, 6) is -0.860. The summed E-state index contributed by atoms with van der Waals surface area (Å²) in [6.45, 7) is 7.30. The zero-order chi connectivity index (χ0) is 17.3. The van der Waals surface area contributed by atoms with Crippen LogP contribution in [0.25, 0.3) is 0 Å². The first-order valence-electron chi connectivity index (χ1n) is 7.71. The molecule has 0 fully saturated rings. The molecule has 0 aliphatic rings. The van der Waals surface area contributed by atoms with Gasteiger partial charge in [-0.1, -0.05) is 24.3 Å². The molecule has 6 heteroatoms. The molecule has 0 unspecified atom stereocenters. The first-order chi connectivity index (χ1) is 10.8. The molecule has 0 aromatic heterocycles. The maximum absolute atomic E-state index is 11.6. The van der Waals surface area contributed by atoms with Crippen LogP contribution in [-0.2, 0) is 22.7 Å². The molecule has 1 aromatic carbocycles. The number of carboxylic acid groups (broad SMARTS) is 1. The van der Waals surface area contributed by atoms with Crippen molar-refractivity contribution in [2.75, 3.05) is 6.54 Å². The lowest BCUT2D eigenvalue weighted by atomic mass is 10.1. The number of ether oxygens (including phenoxy) is 1. The van der Waals surface area contributed by atoms with Gasteiger partial charge in [0.1, 0.15) is 0 Å². The van der Waals surface area contributed by atoms with E-state index in [1.54, 1.807) is 0 Å². The van der Waals surface area contributed by atoms with Gasteiger partial charge in [0, 0.05) is 19.5 Å². The molecule has 1 aromatic rings. The van der Waals surface area contributed by atoms with Gasteiger partial charge in [-0.3, -0.25) is 4.79 Å². The number of aliphatic carboxylic acids is 1. The van der Waals surface area contributed by atoms with Gasteiger partial charge < -0.3 is 20.5 Å². The third-order valence-electron chi connectivity index (χ3n) is 2.97. The van der Waals surface area contributed by atoms with Gasteiger partial charge in [0.2, 0.25) is 0 Å². The SMILES string of the molecule is CC(C)(C)OCc1cccc(CNC(=O)NCCCC(=O)O)c1. The van der Waals surface area contributed by atoms with Crippen molar-refractivity contribution >= 4 is 12.0 Å². The van der Waals surface area contributed by atoms with Crippen LogP contribution in [0.15, 0.2) is 24.3 Å². The van der Waals surface area contributed by atoms with Crippen LogP contribution in [0.2, 0.25) is 0 Å². The van der Waals surface area contributed by atoms with Gasteiger partial charge >= 0.3 is 12.0 Å². The highest BCUT2D eigenvalue weighted by Gasteiger charge is 2.10. The van der Waals surface area contributed by atoms with Crippen LogP contribution in [0.3, 0.4) is 0 Å². The summed E-state index contributed by atoms with van der Waals surface area (Å²) in [4.78, 5) is 22.0. The van der Waals surface area contributed by atoms with Crippen molar-refractivity contribution in [3.63, 3.8) is 0 Å². The van der Waals surface area contributed by atoms with E-state index < -0.39 is 5.97 Å². The third-order valence-corrected chi connectivity index (χ3v) is 2.97. The number of carboxylic acids is 1. The molecule has 0 aliphatic carbocycles. The molecule has 0 heterocycles.